The topological polar surface area (TPSA) is 112 Å². The fourth-order valence-electron chi connectivity index (χ4n) is 3.16. The van der Waals surface area contributed by atoms with Crippen molar-refractivity contribution in [3.63, 3.8) is 0 Å². The van der Waals surface area contributed by atoms with Crippen molar-refractivity contribution in [1.82, 2.24) is 14.5 Å². The van der Waals surface area contributed by atoms with Gasteiger partial charge in [0.15, 0.2) is 6.61 Å². The molecular formula is C22H17FN4O5. The van der Waals surface area contributed by atoms with Gasteiger partial charge in [0.1, 0.15) is 23.6 Å². The van der Waals surface area contributed by atoms with Crippen LogP contribution >= 0.6 is 0 Å². The second kappa shape index (κ2) is 8.80. The molecule has 0 aliphatic rings. The second-order valence-electron chi connectivity index (χ2n) is 6.76. The van der Waals surface area contributed by atoms with Gasteiger partial charge in [-0.3, -0.25) is 19.1 Å². The molecule has 0 spiro atoms. The molecule has 0 saturated heterocycles. The van der Waals surface area contributed by atoms with Crippen molar-refractivity contribution < 1.29 is 23.5 Å². The maximum atomic E-state index is 13.5. The van der Waals surface area contributed by atoms with Crippen LogP contribution in [0.25, 0.3) is 21.8 Å². The Morgan fingerprint density at radius 3 is 2.78 bits per heavy atom. The number of hydrogen-bond donors (Lipinski definition) is 1. The van der Waals surface area contributed by atoms with Crippen LogP contribution in [0.3, 0.4) is 0 Å². The van der Waals surface area contributed by atoms with Crippen molar-refractivity contribution in [2.45, 2.75) is 6.54 Å². The molecule has 2 heterocycles. The molecule has 9 nitrogen and oxygen atoms in total. The van der Waals surface area contributed by atoms with Crippen LogP contribution in [0.4, 0.5) is 10.1 Å². The Morgan fingerprint density at radius 1 is 1.12 bits per heavy atom. The Morgan fingerprint density at radius 2 is 1.97 bits per heavy atom. The fourth-order valence-corrected chi connectivity index (χ4v) is 3.16. The minimum absolute atomic E-state index is 0.0852. The first-order valence-corrected chi connectivity index (χ1v) is 9.48. The van der Waals surface area contributed by atoms with Gasteiger partial charge >= 0.3 is 5.97 Å². The summed E-state index contributed by atoms with van der Waals surface area (Å²) in [4.78, 5) is 44.9. The second-order valence-corrected chi connectivity index (χ2v) is 6.76. The highest BCUT2D eigenvalue weighted by atomic mass is 19.1. The average Bonchev–Trinajstić information content (AvgIpc) is 2.80. The number of methoxy groups -OCH3 is 1. The first-order chi connectivity index (χ1) is 15.5. The van der Waals surface area contributed by atoms with E-state index in [1.54, 1.807) is 30.5 Å². The maximum Gasteiger partial charge on any atom is 0.343 e. The smallest absolute Gasteiger partial charge is 0.343 e. The van der Waals surface area contributed by atoms with Crippen molar-refractivity contribution in [2.75, 3.05) is 19.0 Å². The highest BCUT2D eigenvalue weighted by molar-refractivity contribution is 6.02. The molecule has 0 fully saturated rings. The molecule has 10 heteroatoms. The summed E-state index contributed by atoms with van der Waals surface area (Å²) in [5, 5.41) is 3.40. The van der Waals surface area contributed by atoms with Gasteiger partial charge < -0.3 is 14.8 Å². The van der Waals surface area contributed by atoms with Crippen molar-refractivity contribution in [3.05, 3.63) is 71.2 Å². The minimum atomic E-state index is -0.563. The standard InChI is InChI=1S/C22H17FN4O5/c1-31-20(29)11-32-18-7-6-17(14-3-2-8-24-21(14)18)26-19(28)10-27-12-25-16-5-4-13(23)9-15(16)22(27)30/h2-9,12H,10-11H2,1H3,(H,26,28). The van der Waals surface area contributed by atoms with Gasteiger partial charge in [0.05, 0.1) is 30.0 Å². The lowest BCUT2D eigenvalue weighted by Gasteiger charge is -2.13. The molecule has 0 bridgehead atoms. The molecule has 0 aliphatic carbocycles. The molecule has 0 atom stereocenters. The number of aromatic nitrogens is 3. The van der Waals surface area contributed by atoms with E-state index in [4.69, 9.17) is 4.74 Å². The van der Waals surface area contributed by atoms with Crippen LogP contribution in [0, 0.1) is 5.82 Å². The zero-order valence-electron chi connectivity index (χ0n) is 16.9. The number of hydrogen-bond acceptors (Lipinski definition) is 7. The van der Waals surface area contributed by atoms with Crippen LogP contribution < -0.4 is 15.6 Å². The van der Waals surface area contributed by atoms with Crippen LogP contribution in [-0.2, 0) is 20.9 Å². The van der Waals surface area contributed by atoms with Gasteiger partial charge in [-0.15, -0.1) is 0 Å². The van der Waals surface area contributed by atoms with E-state index in [-0.39, 0.29) is 18.5 Å². The lowest BCUT2D eigenvalue weighted by molar-refractivity contribution is -0.142. The van der Waals surface area contributed by atoms with Gasteiger partial charge in [-0.1, -0.05) is 0 Å². The molecule has 0 radical (unpaired) electrons. The highest BCUT2D eigenvalue weighted by Gasteiger charge is 2.14. The summed E-state index contributed by atoms with van der Waals surface area (Å²) in [6.07, 6.45) is 2.80. The summed E-state index contributed by atoms with van der Waals surface area (Å²) in [5.74, 6) is -1.24. The molecule has 4 aromatic rings. The summed E-state index contributed by atoms with van der Waals surface area (Å²) in [6.45, 7) is -0.604. The Kier molecular flexibility index (Phi) is 5.75. The predicted octanol–water partition coefficient (Wildman–Crippen LogP) is 2.27. The number of pyridine rings is 1. The molecule has 0 saturated carbocycles. The van der Waals surface area contributed by atoms with E-state index >= 15 is 0 Å². The average molecular weight is 436 g/mol. The molecular weight excluding hydrogens is 419 g/mol. The number of ether oxygens (including phenoxy) is 2. The number of fused-ring (bicyclic) bond motifs is 2. The highest BCUT2D eigenvalue weighted by Crippen LogP contribution is 2.30. The third-order valence-corrected chi connectivity index (χ3v) is 4.68. The third kappa shape index (κ3) is 4.24. The molecule has 2 aromatic carbocycles. The summed E-state index contributed by atoms with van der Waals surface area (Å²) in [7, 11) is 1.26. The lowest BCUT2D eigenvalue weighted by atomic mass is 10.1. The largest absolute Gasteiger partial charge is 0.480 e. The predicted molar refractivity (Wildman–Crippen MR) is 114 cm³/mol. The number of nitrogens with zero attached hydrogens (tertiary/aromatic N) is 3. The number of nitrogens with one attached hydrogen (secondary N) is 1. The summed E-state index contributed by atoms with van der Waals surface area (Å²) in [6, 6.07) is 10.3. The number of anilines is 1. The van der Waals surface area contributed by atoms with Crippen molar-refractivity contribution in [3.8, 4) is 5.75 Å². The quantitative estimate of drug-likeness (QED) is 0.462. The van der Waals surface area contributed by atoms with Gasteiger partial charge in [-0.25, -0.2) is 14.2 Å². The summed E-state index contributed by atoms with van der Waals surface area (Å²) < 4.78 is 24.6. The first-order valence-electron chi connectivity index (χ1n) is 9.48. The summed E-state index contributed by atoms with van der Waals surface area (Å²) in [5.41, 5.74) is 0.695. The number of carbonyl (C=O) groups is 2. The third-order valence-electron chi connectivity index (χ3n) is 4.68. The van der Waals surface area contributed by atoms with E-state index in [1.807, 2.05) is 0 Å². The molecule has 162 valence electrons. The Bertz CT molecular complexity index is 1400. The molecule has 1 N–H and O–H groups in total. The zero-order chi connectivity index (χ0) is 22.7. The van der Waals surface area contributed by atoms with Crippen LogP contribution in [0.2, 0.25) is 0 Å². The number of rotatable bonds is 6. The fraction of sp³-hybridized carbons (Fsp3) is 0.136. The van der Waals surface area contributed by atoms with Gasteiger partial charge in [-0.05, 0) is 42.5 Å². The zero-order valence-corrected chi connectivity index (χ0v) is 16.9. The van der Waals surface area contributed by atoms with Gasteiger partial charge in [0.25, 0.3) is 5.56 Å². The van der Waals surface area contributed by atoms with E-state index in [0.717, 1.165) is 10.6 Å². The SMILES string of the molecule is COC(=O)COc1ccc(NC(=O)Cn2cnc3ccc(F)cc3c2=O)c2cccnc12. The maximum absolute atomic E-state index is 13.5. The van der Waals surface area contributed by atoms with Crippen LogP contribution in [0.1, 0.15) is 0 Å². The van der Waals surface area contributed by atoms with Crippen LogP contribution in [0.15, 0.2) is 59.8 Å². The van der Waals surface area contributed by atoms with Crippen molar-refractivity contribution in [2.24, 2.45) is 0 Å². The monoisotopic (exact) mass is 436 g/mol. The summed E-state index contributed by atoms with van der Waals surface area (Å²) >= 11 is 0. The molecule has 32 heavy (non-hydrogen) atoms. The van der Waals surface area contributed by atoms with Gasteiger partial charge in [0, 0.05) is 11.6 Å². The van der Waals surface area contributed by atoms with Crippen LogP contribution in [-0.4, -0.2) is 40.1 Å². The number of amides is 1. The molecule has 2 aromatic heterocycles. The number of esters is 1. The van der Waals surface area contributed by atoms with E-state index in [2.05, 4.69) is 20.0 Å². The van der Waals surface area contributed by atoms with E-state index in [0.29, 0.717) is 27.9 Å². The van der Waals surface area contributed by atoms with Crippen molar-refractivity contribution >= 4 is 39.4 Å². The Labute approximate surface area is 180 Å². The van der Waals surface area contributed by atoms with E-state index in [1.165, 1.54) is 25.6 Å². The van der Waals surface area contributed by atoms with Gasteiger partial charge in [0.2, 0.25) is 5.91 Å². The molecule has 1 amide bonds. The minimum Gasteiger partial charge on any atom is -0.480 e. The molecule has 0 aliphatic heterocycles. The molecule has 0 unspecified atom stereocenters. The van der Waals surface area contributed by atoms with E-state index in [9.17, 15) is 18.8 Å². The number of carbonyl (C=O) groups excluding carboxylic acids is 2. The molecule has 4 rings (SSSR count). The van der Waals surface area contributed by atoms with Crippen LogP contribution in [0.5, 0.6) is 5.75 Å². The Balaban J connectivity index is 1.58. The number of halogens is 1. The number of benzene rings is 2. The van der Waals surface area contributed by atoms with Crippen molar-refractivity contribution in [1.29, 1.82) is 0 Å². The van der Waals surface area contributed by atoms with E-state index < -0.39 is 23.3 Å². The lowest BCUT2D eigenvalue weighted by Crippen LogP contribution is -2.28. The normalized spacial score (nSPS) is 10.8. The first kappa shape index (κ1) is 20.9. The Hall–Kier alpha value is -4.34. The van der Waals surface area contributed by atoms with Gasteiger partial charge in [-0.2, -0.15) is 0 Å².